The predicted molar refractivity (Wildman–Crippen MR) is 74.1 cm³/mol. The molecule has 4 heteroatoms. The topological polar surface area (TPSA) is 62.2 Å². The van der Waals surface area contributed by atoms with Crippen molar-refractivity contribution in [2.75, 3.05) is 0 Å². The number of aromatic carboxylic acids is 1. The summed E-state index contributed by atoms with van der Waals surface area (Å²) in [5, 5.41) is 12.4. The number of carboxylic acid groups (broad SMARTS) is 1. The number of nitrogens with one attached hydrogen (secondary N) is 1. The highest BCUT2D eigenvalue weighted by molar-refractivity contribution is 5.87. The van der Waals surface area contributed by atoms with E-state index in [4.69, 9.17) is 5.11 Å². The SMILES string of the molecule is CC1CCCCCC1NCc1ccc(C(=O)O)cn1. The van der Waals surface area contributed by atoms with Gasteiger partial charge in [-0.25, -0.2) is 4.79 Å². The third-order valence-electron chi connectivity index (χ3n) is 3.98. The molecular weight excluding hydrogens is 240 g/mol. The molecule has 2 unspecified atom stereocenters. The van der Waals surface area contributed by atoms with Gasteiger partial charge in [0, 0.05) is 18.8 Å². The fraction of sp³-hybridized carbons (Fsp3) is 0.600. The summed E-state index contributed by atoms with van der Waals surface area (Å²) < 4.78 is 0. The van der Waals surface area contributed by atoms with E-state index in [9.17, 15) is 4.79 Å². The highest BCUT2D eigenvalue weighted by atomic mass is 16.4. The lowest BCUT2D eigenvalue weighted by Gasteiger charge is -2.22. The zero-order valence-corrected chi connectivity index (χ0v) is 11.4. The van der Waals surface area contributed by atoms with Gasteiger partial charge in [-0.3, -0.25) is 4.98 Å². The molecule has 104 valence electrons. The van der Waals surface area contributed by atoms with Crippen molar-refractivity contribution >= 4 is 5.97 Å². The Kier molecular flexibility index (Phi) is 4.91. The van der Waals surface area contributed by atoms with Crippen LogP contribution in [-0.4, -0.2) is 22.1 Å². The molecular formula is C15H22N2O2. The van der Waals surface area contributed by atoms with E-state index >= 15 is 0 Å². The van der Waals surface area contributed by atoms with Crippen molar-refractivity contribution in [1.82, 2.24) is 10.3 Å². The van der Waals surface area contributed by atoms with Crippen LogP contribution in [0.1, 0.15) is 55.1 Å². The number of nitrogens with zero attached hydrogens (tertiary/aromatic N) is 1. The van der Waals surface area contributed by atoms with Gasteiger partial charge in [0.1, 0.15) is 0 Å². The number of carboxylic acids is 1. The molecule has 4 nitrogen and oxygen atoms in total. The van der Waals surface area contributed by atoms with Gasteiger partial charge in [0.25, 0.3) is 0 Å². The molecule has 1 aliphatic rings. The fourth-order valence-electron chi connectivity index (χ4n) is 2.69. The Morgan fingerprint density at radius 3 is 2.84 bits per heavy atom. The second-order valence-corrected chi connectivity index (χ2v) is 5.45. The zero-order chi connectivity index (χ0) is 13.7. The first-order chi connectivity index (χ1) is 9.16. The monoisotopic (exact) mass is 262 g/mol. The van der Waals surface area contributed by atoms with E-state index in [1.807, 2.05) is 0 Å². The molecule has 0 aliphatic heterocycles. The molecule has 0 amide bonds. The molecule has 1 aliphatic carbocycles. The van der Waals surface area contributed by atoms with Gasteiger partial charge in [0.15, 0.2) is 0 Å². The second kappa shape index (κ2) is 6.66. The van der Waals surface area contributed by atoms with E-state index in [0.717, 1.165) is 12.2 Å². The van der Waals surface area contributed by atoms with Crippen molar-refractivity contribution in [3.63, 3.8) is 0 Å². The zero-order valence-electron chi connectivity index (χ0n) is 11.4. The average Bonchev–Trinajstić information content (AvgIpc) is 2.61. The number of pyridine rings is 1. The van der Waals surface area contributed by atoms with Crippen LogP contribution in [0.15, 0.2) is 18.3 Å². The van der Waals surface area contributed by atoms with Crippen molar-refractivity contribution in [3.05, 3.63) is 29.6 Å². The number of aromatic nitrogens is 1. The molecule has 1 aromatic heterocycles. The van der Waals surface area contributed by atoms with Gasteiger partial charge < -0.3 is 10.4 Å². The van der Waals surface area contributed by atoms with Crippen molar-refractivity contribution in [3.8, 4) is 0 Å². The lowest BCUT2D eigenvalue weighted by Crippen LogP contribution is -2.34. The summed E-state index contributed by atoms with van der Waals surface area (Å²) in [7, 11) is 0. The molecule has 0 radical (unpaired) electrons. The van der Waals surface area contributed by atoms with Crippen molar-refractivity contribution in [2.45, 2.75) is 51.6 Å². The van der Waals surface area contributed by atoms with E-state index in [0.29, 0.717) is 12.0 Å². The number of rotatable bonds is 4. The molecule has 2 N–H and O–H groups in total. The quantitative estimate of drug-likeness (QED) is 0.819. The van der Waals surface area contributed by atoms with Crippen LogP contribution in [0.5, 0.6) is 0 Å². The van der Waals surface area contributed by atoms with E-state index in [-0.39, 0.29) is 5.56 Å². The first-order valence-electron chi connectivity index (χ1n) is 7.08. The molecule has 0 bridgehead atoms. The van der Waals surface area contributed by atoms with Crippen LogP contribution >= 0.6 is 0 Å². The third-order valence-corrected chi connectivity index (χ3v) is 3.98. The summed E-state index contributed by atoms with van der Waals surface area (Å²) in [4.78, 5) is 14.9. The smallest absolute Gasteiger partial charge is 0.337 e. The molecule has 2 rings (SSSR count). The summed E-state index contributed by atoms with van der Waals surface area (Å²) in [6.45, 7) is 3.03. The van der Waals surface area contributed by atoms with E-state index < -0.39 is 5.97 Å². The molecule has 1 saturated carbocycles. The lowest BCUT2D eigenvalue weighted by atomic mass is 9.97. The van der Waals surface area contributed by atoms with Gasteiger partial charge in [-0.05, 0) is 30.9 Å². The third kappa shape index (κ3) is 4.03. The predicted octanol–water partition coefficient (Wildman–Crippen LogP) is 2.84. The second-order valence-electron chi connectivity index (χ2n) is 5.45. The maximum atomic E-state index is 10.7. The van der Waals surface area contributed by atoms with Gasteiger partial charge >= 0.3 is 5.97 Å². The van der Waals surface area contributed by atoms with Gasteiger partial charge in [-0.15, -0.1) is 0 Å². The van der Waals surface area contributed by atoms with Gasteiger partial charge in [-0.2, -0.15) is 0 Å². The Balaban J connectivity index is 1.88. The van der Waals surface area contributed by atoms with Crippen LogP contribution in [-0.2, 0) is 6.54 Å². The van der Waals surface area contributed by atoms with Crippen LogP contribution in [0.2, 0.25) is 0 Å². The molecule has 1 heterocycles. The van der Waals surface area contributed by atoms with Crippen LogP contribution < -0.4 is 5.32 Å². The maximum Gasteiger partial charge on any atom is 0.337 e. The fourth-order valence-corrected chi connectivity index (χ4v) is 2.69. The van der Waals surface area contributed by atoms with E-state index in [1.54, 1.807) is 12.1 Å². The standard InChI is InChI=1S/C15H22N2O2/c1-11-5-3-2-4-6-14(11)17-10-13-8-7-12(9-16-13)15(18)19/h7-9,11,14,17H,2-6,10H2,1H3,(H,18,19). The van der Waals surface area contributed by atoms with Gasteiger partial charge in [0.2, 0.25) is 0 Å². The summed E-state index contributed by atoms with van der Waals surface area (Å²) in [6.07, 6.45) is 7.93. The molecule has 1 aromatic rings. The Morgan fingerprint density at radius 1 is 1.37 bits per heavy atom. The van der Waals surface area contributed by atoms with Crippen LogP contribution in [0.3, 0.4) is 0 Å². The van der Waals surface area contributed by atoms with Crippen LogP contribution in [0.4, 0.5) is 0 Å². The summed E-state index contributed by atoms with van der Waals surface area (Å²) in [5.41, 5.74) is 1.15. The van der Waals surface area contributed by atoms with E-state index in [2.05, 4.69) is 17.2 Å². The van der Waals surface area contributed by atoms with Crippen LogP contribution in [0, 0.1) is 5.92 Å². The van der Waals surface area contributed by atoms with Crippen molar-refractivity contribution < 1.29 is 9.90 Å². The molecule has 2 atom stereocenters. The maximum absolute atomic E-state index is 10.7. The highest BCUT2D eigenvalue weighted by Gasteiger charge is 2.19. The lowest BCUT2D eigenvalue weighted by molar-refractivity contribution is 0.0696. The summed E-state index contributed by atoms with van der Waals surface area (Å²) >= 11 is 0. The molecule has 0 spiro atoms. The van der Waals surface area contributed by atoms with Crippen molar-refractivity contribution in [2.24, 2.45) is 5.92 Å². The summed E-state index contributed by atoms with van der Waals surface area (Å²) in [5.74, 6) is -0.217. The molecule has 1 fully saturated rings. The molecule has 0 saturated heterocycles. The minimum Gasteiger partial charge on any atom is -0.478 e. The number of hydrogen-bond donors (Lipinski definition) is 2. The molecule has 19 heavy (non-hydrogen) atoms. The number of carbonyl (C=O) groups is 1. The van der Waals surface area contributed by atoms with Crippen LogP contribution in [0.25, 0.3) is 0 Å². The van der Waals surface area contributed by atoms with Crippen molar-refractivity contribution in [1.29, 1.82) is 0 Å². The average molecular weight is 262 g/mol. The normalized spacial score (nSPS) is 23.8. The first-order valence-corrected chi connectivity index (χ1v) is 7.08. The minimum absolute atomic E-state index is 0.242. The Bertz CT molecular complexity index is 417. The minimum atomic E-state index is -0.926. The van der Waals surface area contributed by atoms with Gasteiger partial charge in [0.05, 0.1) is 11.3 Å². The Labute approximate surface area is 114 Å². The number of hydrogen-bond acceptors (Lipinski definition) is 3. The van der Waals surface area contributed by atoms with Gasteiger partial charge in [-0.1, -0.05) is 26.2 Å². The first kappa shape index (κ1) is 14.0. The van der Waals surface area contributed by atoms with E-state index in [1.165, 1.54) is 38.3 Å². The largest absolute Gasteiger partial charge is 0.478 e. The highest BCUT2D eigenvalue weighted by Crippen LogP contribution is 2.23. The molecule has 0 aromatic carbocycles. The Hall–Kier alpha value is -1.42. The Morgan fingerprint density at radius 2 is 2.16 bits per heavy atom. The summed E-state index contributed by atoms with van der Waals surface area (Å²) in [6, 6.07) is 3.96.